The van der Waals surface area contributed by atoms with Gasteiger partial charge in [0, 0.05) is 36.6 Å². The Morgan fingerprint density at radius 3 is 2.48 bits per heavy atom. The van der Waals surface area contributed by atoms with Crippen LogP contribution in [0.2, 0.25) is 0 Å². The van der Waals surface area contributed by atoms with Gasteiger partial charge in [0.25, 0.3) is 0 Å². The van der Waals surface area contributed by atoms with Gasteiger partial charge in [-0.25, -0.2) is 0 Å². The highest BCUT2D eigenvalue weighted by Gasteiger charge is 2.55. The van der Waals surface area contributed by atoms with Crippen LogP contribution in [-0.4, -0.2) is 49.4 Å². The predicted octanol–water partition coefficient (Wildman–Crippen LogP) is 2.31. The molecule has 2 fully saturated rings. The van der Waals surface area contributed by atoms with Crippen molar-refractivity contribution in [2.24, 2.45) is 17.8 Å². The first-order valence-electron chi connectivity index (χ1n) is 10.9. The number of para-hydroxylation sites is 2. The molecule has 0 spiro atoms. The normalized spacial score (nSPS) is 29.9. The first-order chi connectivity index (χ1) is 15.0. The Balaban J connectivity index is 1.63. The molecule has 1 saturated heterocycles. The van der Waals surface area contributed by atoms with Crippen molar-refractivity contribution in [2.75, 3.05) is 27.4 Å². The van der Waals surface area contributed by atoms with Crippen LogP contribution < -0.4 is 14.8 Å². The zero-order chi connectivity index (χ0) is 22.0. The molecule has 3 N–H and O–H groups in total. The van der Waals surface area contributed by atoms with Crippen LogP contribution in [0.15, 0.2) is 48.5 Å². The zero-order valence-electron chi connectivity index (χ0n) is 18.1. The van der Waals surface area contributed by atoms with Crippen molar-refractivity contribution in [1.29, 1.82) is 0 Å². The van der Waals surface area contributed by atoms with Gasteiger partial charge in [-0.15, -0.1) is 0 Å². The maximum atomic E-state index is 13.3. The molecule has 2 aliphatic rings. The molecule has 5 atom stereocenters. The monoisotopic (exact) mass is 425 g/mol. The summed E-state index contributed by atoms with van der Waals surface area (Å²) in [6.45, 7) is 0.522. The van der Waals surface area contributed by atoms with Gasteiger partial charge < -0.3 is 25.0 Å². The maximum Gasteiger partial charge on any atom is 0.154 e. The van der Waals surface area contributed by atoms with Gasteiger partial charge in [-0.05, 0) is 36.8 Å². The smallest absolute Gasteiger partial charge is 0.154 e. The lowest BCUT2D eigenvalue weighted by Crippen LogP contribution is -2.48. The second-order valence-corrected chi connectivity index (χ2v) is 8.72. The predicted molar refractivity (Wildman–Crippen MR) is 117 cm³/mol. The van der Waals surface area contributed by atoms with E-state index >= 15 is 0 Å². The van der Waals surface area contributed by atoms with E-state index in [1.807, 2.05) is 48.5 Å². The molecule has 0 aromatic heterocycles. The van der Waals surface area contributed by atoms with Gasteiger partial charge in [0.05, 0.1) is 25.9 Å². The highest BCUT2D eigenvalue weighted by Crippen LogP contribution is 2.52. The number of carbonyl (C=O) groups is 1. The maximum absolute atomic E-state index is 13.3. The average Bonchev–Trinajstić information content (AvgIpc) is 3.24. The van der Waals surface area contributed by atoms with Crippen LogP contribution in [0.25, 0.3) is 0 Å². The third kappa shape index (κ3) is 3.95. The Morgan fingerprint density at radius 1 is 1.10 bits per heavy atom. The summed E-state index contributed by atoms with van der Waals surface area (Å²) in [5.41, 5.74) is 0.412. The molecule has 0 radical (unpaired) electrons. The molecule has 0 bridgehead atoms. The lowest BCUT2D eigenvalue weighted by Gasteiger charge is -2.46. The molecule has 0 amide bonds. The van der Waals surface area contributed by atoms with E-state index in [4.69, 9.17) is 9.47 Å². The van der Waals surface area contributed by atoms with Crippen molar-refractivity contribution >= 4 is 5.78 Å². The molecular formula is C25H31NO5. The van der Waals surface area contributed by atoms with E-state index in [0.717, 1.165) is 11.1 Å². The summed E-state index contributed by atoms with van der Waals surface area (Å²) in [6.07, 6.45) is 1.41. The van der Waals surface area contributed by atoms with Gasteiger partial charge in [0.1, 0.15) is 11.5 Å². The van der Waals surface area contributed by atoms with Crippen molar-refractivity contribution in [3.63, 3.8) is 0 Å². The van der Waals surface area contributed by atoms with Crippen LogP contribution in [-0.2, 0) is 16.8 Å². The van der Waals surface area contributed by atoms with Crippen LogP contribution in [0.3, 0.4) is 0 Å². The Kier molecular flexibility index (Phi) is 6.32. The topological polar surface area (TPSA) is 88.0 Å². The second kappa shape index (κ2) is 8.99. The van der Waals surface area contributed by atoms with E-state index in [9.17, 15) is 15.0 Å². The number of ketones is 1. The van der Waals surface area contributed by atoms with Crippen molar-refractivity contribution in [3.8, 4) is 11.5 Å². The molecule has 1 aliphatic carbocycles. The van der Waals surface area contributed by atoms with Crippen LogP contribution in [0.5, 0.6) is 11.5 Å². The van der Waals surface area contributed by atoms with E-state index in [1.165, 1.54) is 0 Å². The minimum atomic E-state index is -1.17. The van der Waals surface area contributed by atoms with E-state index in [2.05, 4.69) is 5.32 Å². The van der Waals surface area contributed by atoms with Gasteiger partial charge in [-0.2, -0.15) is 0 Å². The highest BCUT2D eigenvalue weighted by molar-refractivity contribution is 5.87. The van der Waals surface area contributed by atoms with Gasteiger partial charge in [-0.3, -0.25) is 4.79 Å². The first-order valence-corrected chi connectivity index (χ1v) is 10.9. The third-order valence-electron chi connectivity index (χ3n) is 7.06. The van der Waals surface area contributed by atoms with Gasteiger partial charge >= 0.3 is 0 Å². The fourth-order valence-electron chi connectivity index (χ4n) is 5.62. The Bertz CT molecular complexity index is 932. The van der Waals surface area contributed by atoms with Gasteiger partial charge in [-0.1, -0.05) is 36.4 Å². The summed E-state index contributed by atoms with van der Waals surface area (Å²) in [7, 11) is 3.20. The van der Waals surface area contributed by atoms with Crippen LogP contribution >= 0.6 is 0 Å². The molecule has 2 aromatic rings. The summed E-state index contributed by atoms with van der Waals surface area (Å²) >= 11 is 0. The van der Waals surface area contributed by atoms with Crippen molar-refractivity contribution in [2.45, 2.75) is 30.9 Å². The summed E-state index contributed by atoms with van der Waals surface area (Å²) in [4.78, 5) is 13.3. The number of hydrogen-bond acceptors (Lipinski definition) is 6. The number of nitrogens with one attached hydrogen (secondary N) is 1. The number of Topliss-reactive ketones (excluding diaryl/α,β-unsaturated/α-hetero) is 1. The van der Waals surface area contributed by atoms with Gasteiger partial charge in [0.2, 0.25) is 0 Å². The number of fused-ring (bicyclic) bond motifs is 1. The molecule has 31 heavy (non-hydrogen) atoms. The molecule has 6 heteroatoms. The number of hydrogen-bond donors (Lipinski definition) is 3. The van der Waals surface area contributed by atoms with Crippen LogP contribution in [0.1, 0.15) is 24.0 Å². The quantitative estimate of drug-likeness (QED) is 0.631. The molecule has 1 aliphatic heterocycles. The number of ether oxygens (including phenoxy) is 2. The fourth-order valence-corrected chi connectivity index (χ4v) is 5.62. The zero-order valence-corrected chi connectivity index (χ0v) is 18.1. The molecule has 166 valence electrons. The molecule has 1 saturated carbocycles. The minimum Gasteiger partial charge on any atom is -0.496 e. The third-order valence-corrected chi connectivity index (χ3v) is 7.06. The lowest BCUT2D eigenvalue weighted by atomic mass is 9.62. The Morgan fingerprint density at radius 2 is 1.77 bits per heavy atom. The summed E-state index contributed by atoms with van der Waals surface area (Å²) in [6, 6.07) is 14.7. The number of aliphatic hydroxyl groups excluding tert-OH is 1. The van der Waals surface area contributed by atoms with E-state index < -0.39 is 5.60 Å². The van der Waals surface area contributed by atoms with Crippen molar-refractivity contribution in [1.82, 2.24) is 5.32 Å². The number of aliphatic hydroxyl groups is 2. The number of benzene rings is 2. The average molecular weight is 426 g/mol. The molecular weight excluding hydrogens is 394 g/mol. The molecule has 6 nitrogen and oxygen atoms in total. The number of carbonyl (C=O) groups excluding carboxylic acids is 1. The summed E-state index contributed by atoms with van der Waals surface area (Å²) in [5, 5.41) is 25.3. The second-order valence-electron chi connectivity index (χ2n) is 8.72. The summed E-state index contributed by atoms with van der Waals surface area (Å²) in [5.74, 6) is 1.12. The Hall–Kier alpha value is -2.41. The SMILES string of the molecule is COc1ccccc1CC(=O)C1NCC2C1CC(CO)CC2(O)c1ccccc1OC. The molecule has 4 rings (SSSR count). The van der Waals surface area contributed by atoms with E-state index in [1.54, 1.807) is 14.2 Å². The van der Waals surface area contributed by atoms with Crippen molar-refractivity contribution < 1.29 is 24.5 Å². The Labute approximate surface area is 183 Å². The van der Waals surface area contributed by atoms with Crippen molar-refractivity contribution in [3.05, 3.63) is 59.7 Å². The largest absolute Gasteiger partial charge is 0.496 e. The molecule has 1 heterocycles. The molecule has 2 aromatic carbocycles. The fraction of sp³-hybridized carbons (Fsp3) is 0.480. The molecule has 5 unspecified atom stereocenters. The highest BCUT2D eigenvalue weighted by atomic mass is 16.5. The van der Waals surface area contributed by atoms with Crippen LogP contribution in [0, 0.1) is 17.8 Å². The minimum absolute atomic E-state index is 0.0197. The van der Waals surface area contributed by atoms with E-state index in [0.29, 0.717) is 30.9 Å². The van der Waals surface area contributed by atoms with E-state index in [-0.39, 0.29) is 42.6 Å². The standard InChI is InChI=1S/C25H31NO5/c1-30-22-9-5-3-7-17(22)12-21(28)24-18-11-16(15-27)13-25(29,20(18)14-26-24)19-8-4-6-10-23(19)31-2/h3-10,16,18,20,24,26-27,29H,11-15H2,1-2H3. The van der Waals surface area contributed by atoms with Crippen LogP contribution in [0.4, 0.5) is 0 Å². The number of methoxy groups -OCH3 is 2. The number of rotatable bonds is 7. The lowest BCUT2D eigenvalue weighted by molar-refractivity contribution is -0.125. The van der Waals surface area contributed by atoms with Gasteiger partial charge in [0.15, 0.2) is 5.78 Å². The summed E-state index contributed by atoms with van der Waals surface area (Å²) < 4.78 is 10.9. The first kappa shape index (κ1) is 21.8.